The maximum Gasteiger partial charge on any atom is 0.490 e. The molecule has 1 aliphatic rings. The molecule has 0 saturated carbocycles. The highest BCUT2D eigenvalue weighted by Crippen LogP contribution is 2.31. The maximum atomic E-state index is 10.6. The molecule has 1 aliphatic heterocycles. The second-order valence-corrected chi connectivity index (χ2v) is 8.47. The third-order valence-electron chi connectivity index (χ3n) is 4.56. The lowest BCUT2D eigenvalue weighted by Crippen LogP contribution is -2.39. The highest BCUT2D eigenvalue weighted by atomic mass is 32.1. The number of aromatic nitrogens is 2. The molecule has 1 fully saturated rings. The fourth-order valence-corrected chi connectivity index (χ4v) is 4.59. The normalized spacial score (nSPS) is 17.1. The number of carboxylic acids is 1. The molecule has 1 N–H and O–H groups in total. The van der Waals surface area contributed by atoms with Crippen LogP contribution < -0.4 is 0 Å². The van der Waals surface area contributed by atoms with E-state index in [1.807, 2.05) is 11.6 Å². The zero-order valence-corrected chi connectivity index (χ0v) is 18.1. The quantitative estimate of drug-likeness (QED) is 0.590. The molecule has 11 heteroatoms. The van der Waals surface area contributed by atoms with Crippen LogP contribution in [0.3, 0.4) is 0 Å². The van der Waals surface area contributed by atoms with Gasteiger partial charge >= 0.3 is 12.1 Å². The largest absolute Gasteiger partial charge is 0.490 e. The number of hydrogen-bond donors (Lipinski definition) is 1. The molecule has 3 aromatic rings. The number of benzene rings is 1. The first kappa shape index (κ1) is 23.3. The summed E-state index contributed by atoms with van der Waals surface area (Å²) in [6, 6.07) is 10.6. The van der Waals surface area contributed by atoms with E-state index >= 15 is 0 Å². The molecule has 1 atom stereocenters. The number of aliphatic carboxylic acids is 1. The Kier molecular flexibility index (Phi) is 7.76. The van der Waals surface area contributed by atoms with E-state index in [9.17, 15) is 13.2 Å². The SMILES string of the molecule is Cc1ncsc1CN1CCOCC1c1csc(-c2ccccc2)n1.O=C(O)C(F)(F)F. The molecule has 0 amide bonds. The number of ether oxygens (including phenoxy) is 1. The zero-order chi connectivity index (χ0) is 22.4. The molecule has 31 heavy (non-hydrogen) atoms. The minimum Gasteiger partial charge on any atom is -0.475 e. The Morgan fingerprint density at radius 3 is 2.61 bits per heavy atom. The summed E-state index contributed by atoms with van der Waals surface area (Å²) >= 11 is 3.44. The van der Waals surface area contributed by atoms with Crippen molar-refractivity contribution in [2.45, 2.75) is 25.7 Å². The van der Waals surface area contributed by atoms with E-state index in [1.165, 1.54) is 10.4 Å². The molecule has 2 aromatic heterocycles. The number of alkyl halides is 3. The summed E-state index contributed by atoms with van der Waals surface area (Å²) in [6.45, 7) is 5.42. The molecular formula is C20H20F3N3O3S2. The third-order valence-corrected chi connectivity index (χ3v) is 6.39. The lowest BCUT2D eigenvalue weighted by Gasteiger charge is -2.34. The number of aryl methyl sites for hydroxylation is 1. The summed E-state index contributed by atoms with van der Waals surface area (Å²) in [5.41, 5.74) is 5.35. The second-order valence-electron chi connectivity index (χ2n) is 6.67. The van der Waals surface area contributed by atoms with Gasteiger partial charge in [0, 0.05) is 28.9 Å². The molecule has 4 rings (SSSR count). The molecule has 166 valence electrons. The number of thiazole rings is 2. The average molecular weight is 472 g/mol. The second kappa shape index (κ2) is 10.3. The fourth-order valence-electron chi connectivity index (χ4n) is 2.91. The van der Waals surface area contributed by atoms with Crippen LogP contribution in [0.5, 0.6) is 0 Å². The predicted octanol–water partition coefficient (Wildman–Crippen LogP) is 4.78. The highest BCUT2D eigenvalue weighted by Gasteiger charge is 2.38. The van der Waals surface area contributed by atoms with Crippen LogP contribution >= 0.6 is 22.7 Å². The van der Waals surface area contributed by atoms with E-state index in [-0.39, 0.29) is 6.04 Å². The van der Waals surface area contributed by atoms with Crippen LogP contribution in [0.25, 0.3) is 10.6 Å². The first-order valence-electron chi connectivity index (χ1n) is 9.27. The van der Waals surface area contributed by atoms with Gasteiger partial charge in [0.1, 0.15) is 5.01 Å². The van der Waals surface area contributed by atoms with Crippen molar-refractivity contribution < 1.29 is 27.8 Å². The molecule has 0 radical (unpaired) electrons. The topological polar surface area (TPSA) is 75.5 Å². The number of nitrogens with zero attached hydrogens (tertiary/aromatic N) is 3. The van der Waals surface area contributed by atoms with Crippen LogP contribution in [0, 0.1) is 6.92 Å². The van der Waals surface area contributed by atoms with Gasteiger partial charge in [-0.05, 0) is 6.92 Å². The van der Waals surface area contributed by atoms with E-state index < -0.39 is 12.1 Å². The summed E-state index contributed by atoms with van der Waals surface area (Å²) in [6.07, 6.45) is -5.08. The van der Waals surface area contributed by atoms with Crippen LogP contribution in [-0.2, 0) is 16.1 Å². The van der Waals surface area contributed by atoms with Crippen LogP contribution in [0.2, 0.25) is 0 Å². The van der Waals surface area contributed by atoms with Gasteiger partial charge in [-0.15, -0.1) is 22.7 Å². The van der Waals surface area contributed by atoms with Gasteiger partial charge in [-0.25, -0.2) is 14.8 Å². The summed E-state index contributed by atoms with van der Waals surface area (Å²) in [4.78, 5) is 22.0. The fraction of sp³-hybridized carbons (Fsp3) is 0.350. The Hall–Kier alpha value is -2.34. The smallest absolute Gasteiger partial charge is 0.475 e. The third kappa shape index (κ3) is 6.33. The van der Waals surface area contributed by atoms with E-state index in [0.29, 0.717) is 6.61 Å². The monoisotopic (exact) mass is 471 g/mol. The Morgan fingerprint density at radius 1 is 1.29 bits per heavy atom. The minimum atomic E-state index is -5.08. The average Bonchev–Trinajstić information content (AvgIpc) is 3.39. The Balaban J connectivity index is 0.000000339. The maximum absolute atomic E-state index is 10.6. The Bertz CT molecular complexity index is 992. The Morgan fingerprint density at radius 2 is 2.00 bits per heavy atom. The van der Waals surface area contributed by atoms with E-state index in [4.69, 9.17) is 19.6 Å². The van der Waals surface area contributed by atoms with E-state index in [1.54, 1.807) is 22.7 Å². The number of carboxylic acid groups (broad SMARTS) is 1. The molecule has 0 bridgehead atoms. The number of carbonyl (C=O) groups is 1. The molecule has 6 nitrogen and oxygen atoms in total. The predicted molar refractivity (Wildman–Crippen MR) is 112 cm³/mol. The van der Waals surface area contributed by atoms with Crippen molar-refractivity contribution in [1.82, 2.24) is 14.9 Å². The van der Waals surface area contributed by atoms with Gasteiger partial charge in [0.2, 0.25) is 0 Å². The first-order chi connectivity index (χ1) is 14.8. The van der Waals surface area contributed by atoms with Crippen LogP contribution in [0.15, 0.2) is 41.2 Å². The van der Waals surface area contributed by atoms with Crippen molar-refractivity contribution in [2.75, 3.05) is 19.8 Å². The van der Waals surface area contributed by atoms with Crippen molar-refractivity contribution >= 4 is 28.6 Å². The van der Waals surface area contributed by atoms with Crippen LogP contribution in [-0.4, -0.2) is 51.9 Å². The lowest BCUT2D eigenvalue weighted by molar-refractivity contribution is -0.192. The Labute approximate surface area is 185 Å². The van der Waals surface area contributed by atoms with Crippen LogP contribution in [0.1, 0.15) is 22.3 Å². The van der Waals surface area contributed by atoms with Crippen molar-refractivity contribution in [3.63, 3.8) is 0 Å². The molecule has 0 spiro atoms. The summed E-state index contributed by atoms with van der Waals surface area (Å²) in [5, 5.41) is 10.4. The van der Waals surface area contributed by atoms with E-state index in [2.05, 4.69) is 46.5 Å². The molecule has 0 aliphatic carbocycles. The summed E-state index contributed by atoms with van der Waals surface area (Å²) < 4.78 is 37.5. The van der Waals surface area contributed by atoms with Crippen molar-refractivity contribution in [3.05, 3.63) is 57.5 Å². The van der Waals surface area contributed by atoms with Crippen LogP contribution in [0.4, 0.5) is 13.2 Å². The van der Waals surface area contributed by atoms with Gasteiger partial charge in [-0.1, -0.05) is 30.3 Å². The van der Waals surface area contributed by atoms with Crippen molar-refractivity contribution in [1.29, 1.82) is 0 Å². The van der Waals surface area contributed by atoms with Gasteiger partial charge in [-0.3, -0.25) is 4.90 Å². The first-order valence-corrected chi connectivity index (χ1v) is 11.0. The number of hydrogen-bond acceptors (Lipinski definition) is 7. The summed E-state index contributed by atoms with van der Waals surface area (Å²) in [5.74, 6) is -2.76. The van der Waals surface area contributed by atoms with Crippen molar-refractivity contribution in [2.24, 2.45) is 0 Å². The number of rotatable bonds is 4. The number of halogens is 3. The molecular weight excluding hydrogens is 451 g/mol. The van der Waals surface area contributed by atoms with Crippen molar-refractivity contribution in [3.8, 4) is 10.6 Å². The highest BCUT2D eigenvalue weighted by molar-refractivity contribution is 7.13. The minimum absolute atomic E-state index is 0.217. The standard InChI is InChI=1S/C18H19N3OS2.C2HF3O2/c1-13-17(24-12-19-13)9-21-7-8-22-10-16(21)15-11-23-18(20-15)14-5-3-2-4-6-14;3-2(4,5)1(6)7/h2-6,11-12,16H,7-10H2,1H3;(H,6,7). The van der Waals surface area contributed by atoms with Gasteiger partial charge in [-0.2, -0.15) is 13.2 Å². The molecule has 1 saturated heterocycles. The van der Waals surface area contributed by atoms with Gasteiger partial charge in [0.25, 0.3) is 0 Å². The molecule has 3 heterocycles. The zero-order valence-electron chi connectivity index (χ0n) is 16.5. The van der Waals surface area contributed by atoms with E-state index in [0.717, 1.165) is 36.1 Å². The molecule has 1 unspecified atom stereocenters. The van der Waals surface area contributed by atoms with Gasteiger partial charge in [0.05, 0.1) is 36.2 Å². The molecule has 1 aromatic carbocycles. The number of morpholine rings is 1. The lowest BCUT2D eigenvalue weighted by atomic mass is 10.1. The van der Waals surface area contributed by atoms with Gasteiger partial charge < -0.3 is 9.84 Å². The summed E-state index contributed by atoms with van der Waals surface area (Å²) in [7, 11) is 0. The van der Waals surface area contributed by atoms with Gasteiger partial charge in [0.15, 0.2) is 0 Å².